The third kappa shape index (κ3) is 3.62. The largest absolute Gasteiger partial charge is 0.435 e. The number of hydrogen-bond donors (Lipinski definition) is 1. The van der Waals surface area contributed by atoms with E-state index in [-0.39, 0.29) is 17.3 Å². The second-order valence-corrected chi connectivity index (χ2v) is 7.27. The molecule has 0 saturated heterocycles. The quantitative estimate of drug-likeness (QED) is 0.703. The van der Waals surface area contributed by atoms with Gasteiger partial charge >= 0.3 is 6.18 Å². The van der Waals surface area contributed by atoms with E-state index in [0.29, 0.717) is 12.1 Å². The summed E-state index contributed by atoms with van der Waals surface area (Å²) in [6.07, 6.45) is 0.963. The summed E-state index contributed by atoms with van der Waals surface area (Å²) in [6, 6.07) is 3.46. The van der Waals surface area contributed by atoms with Crippen LogP contribution in [0.2, 0.25) is 0 Å². The van der Waals surface area contributed by atoms with Gasteiger partial charge in [-0.1, -0.05) is 0 Å². The molecular weight excluding hydrogens is 401 g/mol. The number of nitrogens with one attached hydrogen (secondary N) is 1. The smallest absolute Gasteiger partial charge is 0.344 e. The highest BCUT2D eigenvalue weighted by atomic mass is 19.4. The minimum atomic E-state index is -4.62. The van der Waals surface area contributed by atoms with Crippen LogP contribution >= 0.6 is 0 Å². The second kappa shape index (κ2) is 7.15. The van der Waals surface area contributed by atoms with E-state index in [9.17, 15) is 22.8 Å². The van der Waals surface area contributed by atoms with Crippen molar-refractivity contribution in [1.29, 1.82) is 0 Å². The maximum absolute atomic E-state index is 12.9. The van der Waals surface area contributed by atoms with Gasteiger partial charge in [0.2, 0.25) is 5.56 Å². The molecule has 0 saturated carbocycles. The van der Waals surface area contributed by atoms with Gasteiger partial charge in [-0.15, -0.1) is 0 Å². The molecule has 1 N–H and O–H groups in total. The van der Waals surface area contributed by atoms with Crippen LogP contribution in [0.15, 0.2) is 35.4 Å². The molecule has 1 aliphatic carbocycles. The van der Waals surface area contributed by atoms with Crippen LogP contribution in [0.5, 0.6) is 0 Å². The molecule has 3 aromatic rings. The molecule has 30 heavy (non-hydrogen) atoms. The first kappa shape index (κ1) is 19.9. The van der Waals surface area contributed by atoms with Crippen LogP contribution in [0.4, 0.5) is 13.2 Å². The number of carbonyl (C=O) groups is 1. The summed E-state index contributed by atoms with van der Waals surface area (Å²) in [5, 5.41) is 10.8. The summed E-state index contributed by atoms with van der Waals surface area (Å²) in [7, 11) is 2.94. The maximum Gasteiger partial charge on any atom is 0.435 e. The number of carbonyl (C=O) groups excluding carboxylic acids is 1. The van der Waals surface area contributed by atoms with Gasteiger partial charge in [-0.05, 0) is 25.3 Å². The number of aryl methyl sites for hydroxylation is 3. The normalized spacial score (nSPS) is 16.4. The summed E-state index contributed by atoms with van der Waals surface area (Å²) in [6.45, 7) is 0. The standard InChI is InChI=1S/C19H19F3N6O2/c1-26-9-11(6-7-17(26)29)28-10-12-13(4-3-5-14(12)24-28)23-18(30)15-8-16(19(20,21)22)25-27(15)2/h6-10,13H,3-5H2,1-2H3,(H,23,30). The Morgan fingerprint density at radius 3 is 2.63 bits per heavy atom. The van der Waals surface area contributed by atoms with Crippen molar-refractivity contribution in [1.82, 2.24) is 29.4 Å². The van der Waals surface area contributed by atoms with E-state index in [0.717, 1.165) is 34.8 Å². The summed E-state index contributed by atoms with van der Waals surface area (Å²) < 4.78 is 42.6. The molecule has 0 bridgehead atoms. The Morgan fingerprint density at radius 1 is 1.20 bits per heavy atom. The molecule has 1 aliphatic rings. The second-order valence-electron chi connectivity index (χ2n) is 7.27. The van der Waals surface area contributed by atoms with Crippen molar-refractivity contribution in [3.8, 4) is 5.69 Å². The first-order valence-corrected chi connectivity index (χ1v) is 9.31. The van der Waals surface area contributed by atoms with Crippen molar-refractivity contribution in [2.24, 2.45) is 14.1 Å². The van der Waals surface area contributed by atoms with E-state index in [1.165, 1.54) is 17.7 Å². The molecule has 3 heterocycles. The summed E-state index contributed by atoms with van der Waals surface area (Å²) in [5.74, 6) is -0.631. The van der Waals surface area contributed by atoms with E-state index in [1.807, 2.05) is 0 Å². The van der Waals surface area contributed by atoms with E-state index >= 15 is 0 Å². The Hall–Kier alpha value is -3.37. The molecular formula is C19H19F3N6O2. The van der Waals surface area contributed by atoms with Crippen molar-refractivity contribution in [2.45, 2.75) is 31.5 Å². The van der Waals surface area contributed by atoms with Gasteiger partial charge in [0.05, 0.1) is 17.4 Å². The molecule has 1 unspecified atom stereocenters. The molecule has 4 rings (SSSR count). The van der Waals surface area contributed by atoms with Gasteiger partial charge in [-0.3, -0.25) is 14.3 Å². The fraction of sp³-hybridized carbons (Fsp3) is 0.368. The van der Waals surface area contributed by atoms with Crippen LogP contribution in [-0.4, -0.2) is 30.0 Å². The van der Waals surface area contributed by atoms with Gasteiger partial charge in [-0.2, -0.15) is 23.4 Å². The maximum atomic E-state index is 12.9. The van der Waals surface area contributed by atoms with Gasteiger partial charge in [-0.25, -0.2) is 4.68 Å². The zero-order chi connectivity index (χ0) is 21.6. The van der Waals surface area contributed by atoms with Crippen molar-refractivity contribution < 1.29 is 18.0 Å². The van der Waals surface area contributed by atoms with Gasteiger partial charge in [0.25, 0.3) is 5.91 Å². The minimum absolute atomic E-state index is 0.143. The zero-order valence-electron chi connectivity index (χ0n) is 16.3. The Balaban J connectivity index is 1.60. The fourth-order valence-electron chi connectivity index (χ4n) is 3.58. The first-order valence-electron chi connectivity index (χ1n) is 9.31. The fourth-order valence-corrected chi connectivity index (χ4v) is 3.58. The number of fused-ring (bicyclic) bond motifs is 1. The molecule has 158 valence electrons. The molecule has 3 aromatic heterocycles. The number of aromatic nitrogens is 5. The Bertz CT molecular complexity index is 1170. The van der Waals surface area contributed by atoms with Crippen LogP contribution in [0.3, 0.4) is 0 Å². The lowest BCUT2D eigenvalue weighted by molar-refractivity contribution is -0.141. The molecule has 0 fully saturated rings. The molecule has 0 spiro atoms. The highest BCUT2D eigenvalue weighted by Gasteiger charge is 2.36. The molecule has 1 amide bonds. The van der Waals surface area contributed by atoms with E-state index in [4.69, 9.17) is 0 Å². The molecule has 8 nitrogen and oxygen atoms in total. The van der Waals surface area contributed by atoms with E-state index in [1.54, 1.807) is 30.2 Å². The first-order chi connectivity index (χ1) is 14.1. The monoisotopic (exact) mass is 420 g/mol. The number of nitrogens with zero attached hydrogens (tertiary/aromatic N) is 5. The topological polar surface area (TPSA) is 86.7 Å². The Kier molecular flexibility index (Phi) is 4.75. The number of pyridine rings is 1. The van der Waals surface area contributed by atoms with Crippen LogP contribution in [0, 0.1) is 0 Å². The average molecular weight is 420 g/mol. The molecule has 0 aliphatic heterocycles. The predicted molar refractivity (Wildman–Crippen MR) is 100 cm³/mol. The van der Waals surface area contributed by atoms with Crippen molar-refractivity contribution >= 4 is 5.91 Å². The number of halogens is 3. The van der Waals surface area contributed by atoms with Crippen LogP contribution < -0.4 is 10.9 Å². The average Bonchev–Trinajstić information content (AvgIpc) is 3.28. The van der Waals surface area contributed by atoms with Crippen molar-refractivity contribution in [3.05, 3.63) is 63.6 Å². The Morgan fingerprint density at radius 2 is 1.97 bits per heavy atom. The van der Waals surface area contributed by atoms with Crippen LogP contribution in [0.25, 0.3) is 5.69 Å². The van der Waals surface area contributed by atoms with Crippen molar-refractivity contribution in [3.63, 3.8) is 0 Å². The predicted octanol–water partition coefficient (Wildman–Crippen LogP) is 2.13. The van der Waals surface area contributed by atoms with Crippen LogP contribution in [-0.2, 0) is 26.7 Å². The zero-order valence-corrected chi connectivity index (χ0v) is 16.3. The molecule has 1 atom stereocenters. The number of alkyl halides is 3. The number of amides is 1. The Labute approximate surface area is 168 Å². The van der Waals surface area contributed by atoms with E-state index < -0.39 is 17.8 Å². The third-order valence-electron chi connectivity index (χ3n) is 5.15. The minimum Gasteiger partial charge on any atom is -0.344 e. The SMILES string of the molecule is Cn1nc(C(F)(F)F)cc1C(=O)NC1CCCc2nn(-c3ccc(=O)n(C)c3)cc21. The van der Waals surface area contributed by atoms with Gasteiger partial charge in [0.1, 0.15) is 5.69 Å². The lowest BCUT2D eigenvalue weighted by atomic mass is 9.93. The van der Waals surface area contributed by atoms with Gasteiger partial charge in [0.15, 0.2) is 5.69 Å². The highest BCUT2D eigenvalue weighted by molar-refractivity contribution is 5.93. The van der Waals surface area contributed by atoms with Gasteiger partial charge in [0, 0.05) is 44.2 Å². The van der Waals surface area contributed by atoms with Crippen molar-refractivity contribution in [2.75, 3.05) is 0 Å². The number of rotatable bonds is 3. The summed E-state index contributed by atoms with van der Waals surface area (Å²) >= 11 is 0. The number of hydrogen-bond acceptors (Lipinski definition) is 4. The lowest BCUT2D eigenvalue weighted by Crippen LogP contribution is -2.31. The van der Waals surface area contributed by atoms with Gasteiger partial charge < -0.3 is 9.88 Å². The molecule has 0 aromatic carbocycles. The summed E-state index contributed by atoms with van der Waals surface area (Å²) in [4.78, 5) is 24.2. The summed E-state index contributed by atoms with van der Waals surface area (Å²) in [5.41, 5.74) is 0.887. The van der Waals surface area contributed by atoms with E-state index in [2.05, 4.69) is 15.5 Å². The third-order valence-corrected chi connectivity index (χ3v) is 5.15. The highest BCUT2D eigenvalue weighted by Crippen LogP contribution is 2.31. The molecule has 11 heteroatoms. The molecule has 0 radical (unpaired) electrons. The van der Waals surface area contributed by atoms with Crippen LogP contribution in [0.1, 0.15) is 46.3 Å². The lowest BCUT2D eigenvalue weighted by Gasteiger charge is -2.22.